The van der Waals surface area contributed by atoms with Crippen molar-refractivity contribution in [3.8, 4) is 11.8 Å². The molecular weight excluding hydrogens is 174 g/mol. The summed E-state index contributed by atoms with van der Waals surface area (Å²) in [6.45, 7) is 0. The maximum atomic E-state index is 8.95. The molecule has 0 atom stereocenters. The fourth-order valence-corrected chi connectivity index (χ4v) is 1.49. The molecule has 0 aromatic heterocycles. The molecule has 14 heavy (non-hydrogen) atoms. The van der Waals surface area contributed by atoms with Crippen LogP contribution in [0.2, 0.25) is 0 Å². The largest absolute Gasteiger partial charge is 0.497 e. The van der Waals surface area contributed by atoms with E-state index in [0.717, 1.165) is 16.5 Å². The average Bonchev–Trinajstić information content (AvgIpc) is 2.27. The lowest BCUT2D eigenvalue weighted by molar-refractivity contribution is 0.415. The van der Waals surface area contributed by atoms with Crippen LogP contribution in [0.3, 0.4) is 0 Å². The summed E-state index contributed by atoms with van der Waals surface area (Å²) in [7, 11) is 1.60. The van der Waals surface area contributed by atoms with Gasteiger partial charge in [0.1, 0.15) is 5.75 Å². The van der Waals surface area contributed by atoms with Gasteiger partial charge < -0.3 is 4.74 Å². The van der Waals surface area contributed by atoms with E-state index in [-0.39, 0.29) is 0 Å². The molecule has 0 saturated carbocycles. The Balaban J connectivity index is 2.82. The van der Waals surface area contributed by atoms with Crippen molar-refractivity contribution in [2.45, 2.75) is 0 Å². The van der Waals surface area contributed by atoms with Gasteiger partial charge in [0.05, 0.1) is 18.7 Å². The quantitative estimate of drug-likeness (QED) is 0.681. The van der Waals surface area contributed by atoms with E-state index in [9.17, 15) is 0 Å². The van der Waals surface area contributed by atoms with Gasteiger partial charge in [0.2, 0.25) is 0 Å². The first-order chi connectivity index (χ1) is 6.85. The van der Waals surface area contributed by atoms with Crippen molar-refractivity contribution >= 4 is 10.8 Å². The van der Waals surface area contributed by atoms with Crippen LogP contribution in [-0.2, 0) is 0 Å². The second-order valence-corrected chi connectivity index (χ2v) is 3.01. The molecule has 2 nitrogen and oxygen atoms in total. The third kappa shape index (κ3) is 1.29. The van der Waals surface area contributed by atoms with Crippen molar-refractivity contribution in [1.29, 1.82) is 5.26 Å². The Hall–Kier alpha value is -2.01. The van der Waals surface area contributed by atoms with Crippen molar-refractivity contribution in [2.24, 2.45) is 0 Å². The average molecular weight is 183 g/mol. The van der Waals surface area contributed by atoms with Crippen molar-refractivity contribution < 1.29 is 4.74 Å². The summed E-state index contributed by atoms with van der Waals surface area (Å²) in [5.41, 5.74) is 0.653. The van der Waals surface area contributed by atoms with Gasteiger partial charge in [-0.05, 0) is 22.9 Å². The first kappa shape index (κ1) is 8.58. The van der Waals surface area contributed by atoms with Gasteiger partial charge in [0, 0.05) is 0 Å². The minimum atomic E-state index is 0.653. The van der Waals surface area contributed by atoms with E-state index < -0.39 is 0 Å². The maximum Gasteiger partial charge on any atom is 0.120 e. The third-order valence-corrected chi connectivity index (χ3v) is 2.19. The molecule has 0 fully saturated rings. The van der Waals surface area contributed by atoms with Crippen LogP contribution < -0.4 is 4.74 Å². The van der Waals surface area contributed by atoms with Crippen LogP contribution in [0, 0.1) is 11.3 Å². The summed E-state index contributed by atoms with van der Waals surface area (Å²) in [6.07, 6.45) is 0. The molecule has 0 radical (unpaired) electrons. The van der Waals surface area contributed by atoms with Crippen LogP contribution in [0.25, 0.3) is 10.8 Å². The van der Waals surface area contributed by atoms with Gasteiger partial charge in [-0.25, -0.2) is 0 Å². The topological polar surface area (TPSA) is 33.0 Å². The fourth-order valence-electron chi connectivity index (χ4n) is 1.49. The number of nitrogens with zero attached hydrogens (tertiary/aromatic N) is 1. The summed E-state index contributed by atoms with van der Waals surface area (Å²) in [4.78, 5) is 0. The Morgan fingerprint density at radius 1 is 1.21 bits per heavy atom. The van der Waals surface area contributed by atoms with Crippen molar-refractivity contribution in [3.05, 3.63) is 42.0 Å². The molecule has 0 heterocycles. The van der Waals surface area contributed by atoms with Crippen LogP contribution in [-0.4, -0.2) is 7.11 Å². The molecule has 2 heteroatoms. The van der Waals surface area contributed by atoms with E-state index in [1.54, 1.807) is 13.2 Å². The monoisotopic (exact) mass is 183 g/mol. The Labute approximate surface area is 82.3 Å². The first-order valence-corrected chi connectivity index (χ1v) is 4.32. The predicted octanol–water partition coefficient (Wildman–Crippen LogP) is 2.72. The van der Waals surface area contributed by atoms with Gasteiger partial charge in [-0.1, -0.05) is 24.3 Å². The minimum absolute atomic E-state index is 0.653. The Kier molecular flexibility index (Phi) is 2.08. The molecule has 0 amide bonds. The summed E-state index contributed by atoms with van der Waals surface area (Å²) in [5.74, 6) is 0.722. The normalized spacial score (nSPS) is 9.71. The second-order valence-electron chi connectivity index (χ2n) is 3.01. The Morgan fingerprint density at radius 3 is 2.71 bits per heavy atom. The standard InChI is InChI=1S/C12H9NO/c1-14-11-6-9-4-2-3-5-12(9)10(7-11)8-13/h2-7H,1H3. The highest BCUT2D eigenvalue weighted by molar-refractivity contribution is 5.89. The SMILES string of the molecule is COc1cc(C#N)c2ccccc2c1. The highest BCUT2D eigenvalue weighted by Gasteiger charge is 2.02. The van der Waals surface area contributed by atoms with Gasteiger partial charge in [-0.3, -0.25) is 0 Å². The van der Waals surface area contributed by atoms with Crippen LogP contribution in [0.1, 0.15) is 5.56 Å². The Morgan fingerprint density at radius 2 is 2.00 bits per heavy atom. The van der Waals surface area contributed by atoms with Crippen molar-refractivity contribution in [2.75, 3.05) is 7.11 Å². The summed E-state index contributed by atoms with van der Waals surface area (Å²) in [5, 5.41) is 10.9. The lowest BCUT2D eigenvalue weighted by Crippen LogP contribution is -1.85. The molecule has 68 valence electrons. The van der Waals surface area contributed by atoms with Gasteiger partial charge in [0.15, 0.2) is 0 Å². The molecule has 0 unspecified atom stereocenters. The molecule has 0 aliphatic heterocycles. The van der Waals surface area contributed by atoms with E-state index in [1.165, 1.54) is 0 Å². The summed E-state index contributed by atoms with van der Waals surface area (Å²) in [6, 6.07) is 13.6. The molecule has 2 aromatic rings. The highest BCUT2D eigenvalue weighted by atomic mass is 16.5. The molecule has 0 aliphatic carbocycles. The number of fused-ring (bicyclic) bond motifs is 1. The maximum absolute atomic E-state index is 8.95. The van der Waals surface area contributed by atoms with Gasteiger partial charge in [-0.15, -0.1) is 0 Å². The molecule has 2 aromatic carbocycles. The van der Waals surface area contributed by atoms with Gasteiger partial charge >= 0.3 is 0 Å². The van der Waals surface area contributed by atoms with E-state index in [2.05, 4.69) is 6.07 Å². The number of nitriles is 1. The van der Waals surface area contributed by atoms with Crippen molar-refractivity contribution in [3.63, 3.8) is 0 Å². The number of hydrogen-bond acceptors (Lipinski definition) is 2. The van der Waals surface area contributed by atoms with E-state index in [1.807, 2.05) is 30.3 Å². The minimum Gasteiger partial charge on any atom is -0.497 e. The molecule has 0 N–H and O–H groups in total. The predicted molar refractivity (Wildman–Crippen MR) is 55.2 cm³/mol. The third-order valence-electron chi connectivity index (χ3n) is 2.19. The van der Waals surface area contributed by atoms with Gasteiger partial charge in [-0.2, -0.15) is 5.26 Å². The lowest BCUT2D eigenvalue weighted by Gasteiger charge is -2.03. The van der Waals surface area contributed by atoms with E-state index in [0.29, 0.717) is 5.56 Å². The van der Waals surface area contributed by atoms with Crippen LogP contribution >= 0.6 is 0 Å². The molecular formula is C12H9NO. The van der Waals surface area contributed by atoms with Crippen LogP contribution in [0.4, 0.5) is 0 Å². The first-order valence-electron chi connectivity index (χ1n) is 4.32. The number of ether oxygens (including phenoxy) is 1. The molecule has 0 spiro atoms. The molecule has 2 rings (SSSR count). The Bertz CT molecular complexity index is 511. The number of rotatable bonds is 1. The smallest absolute Gasteiger partial charge is 0.120 e. The summed E-state index contributed by atoms with van der Waals surface area (Å²) < 4.78 is 5.11. The zero-order valence-electron chi connectivity index (χ0n) is 7.82. The number of benzene rings is 2. The van der Waals surface area contributed by atoms with Crippen LogP contribution in [0.15, 0.2) is 36.4 Å². The zero-order valence-corrected chi connectivity index (χ0v) is 7.82. The van der Waals surface area contributed by atoms with Gasteiger partial charge in [0.25, 0.3) is 0 Å². The molecule has 0 aliphatic rings. The fraction of sp³-hybridized carbons (Fsp3) is 0.0833. The molecule has 0 bridgehead atoms. The number of methoxy groups -OCH3 is 1. The van der Waals surface area contributed by atoms with Crippen molar-refractivity contribution in [1.82, 2.24) is 0 Å². The van der Waals surface area contributed by atoms with Crippen LogP contribution in [0.5, 0.6) is 5.75 Å². The van der Waals surface area contributed by atoms with E-state index >= 15 is 0 Å². The highest BCUT2D eigenvalue weighted by Crippen LogP contribution is 2.24. The molecule has 0 saturated heterocycles. The lowest BCUT2D eigenvalue weighted by atomic mass is 10.1. The number of hydrogen-bond donors (Lipinski definition) is 0. The van der Waals surface area contributed by atoms with E-state index in [4.69, 9.17) is 10.00 Å². The summed E-state index contributed by atoms with van der Waals surface area (Å²) >= 11 is 0. The second kappa shape index (κ2) is 3.39. The zero-order chi connectivity index (χ0) is 9.97.